The summed E-state index contributed by atoms with van der Waals surface area (Å²) >= 11 is 0. The Bertz CT molecular complexity index is 897. The SMILES string of the molecule is COCCn1nc(C2CCCN(C(=O)NC34CC5CC(CC(C5)C3)C4)C2)n(C2CC2)c1=O. The summed E-state index contributed by atoms with van der Waals surface area (Å²) < 4.78 is 8.64. The van der Waals surface area contributed by atoms with Gasteiger partial charge in [-0.05, 0) is 82.0 Å². The Morgan fingerprint density at radius 1 is 1.12 bits per heavy atom. The lowest BCUT2D eigenvalue weighted by atomic mass is 9.53. The molecule has 32 heavy (non-hydrogen) atoms. The van der Waals surface area contributed by atoms with E-state index in [1.54, 1.807) is 11.8 Å². The van der Waals surface area contributed by atoms with Crippen molar-refractivity contribution < 1.29 is 9.53 Å². The minimum absolute atomic E-state index is 0.0188. The van der Waals surface area contributed by atoms with Gasteiger partial charge in [-0.3, -0.25) is 4.57 Å². The van der Waals surface area contributed by atoms with Crippen LogP contribution in [0.1, 0.15) is 82.0 Å². The largest absolute Gasteiger partial charge is 0.383 e. The fourth-order valence-corrected chi connectivity index (χ4v) is 7.66. The third-order valence-corrected chi connectivity index (χ3v) is 8.80. The van der Waals surface area contributed by atoms with Crippen molar-refractivity contribution in [1.82, 2.24) is 24.6 Å². The number of carbonyl (C=O) groups excluding carboxylic acids is 1. The highest BCUT2D eigenvalue weighted by Gasteiger charge is 2.52. The molecule has 1 saturated heterocycles. The van der Waals surface area contributed by atoms with Crippen molar-refractivity contribution in [1.29, 1.82) is 0 Å². The molecule has 0 aromatic carbocycles. The zero-order valence-electron chi connectivity index (χ0n) is 19.3. The van der Waals surface area contributed by atoms with E-state index in [0.717, 1.165) is 55.8 Å². The van der Waals surface area contributed by atoms with Gasteiger partial charge in [0.2, 0.25) is 0 Å². The van der Waals surface area contributed by atoms with Gasteiger partial charge in [0, 0.05) is 37.7 Å². The molecule has 1 aromatic rings. The molecule has 7 rings (SSSR count). The molecule has 5 aliphatic carbocycles. The Morgan fingerprint density at radius 3 is 2.44 bits per heavy atom. The van der Waals surface area contributed by atoms with Crippen molar-refractivity contribution >= 4 is 6.03 Å². The number of aromatic nitrogens is 3. The van der Waals surface area contributed by atoms with E-state index in [2.05, 4.69) is 5.32 Å². The molecule has 8 nitrogen and oxygen atoms in total. The zero-order chi connectivity index (χ0) is 21.9. The van der Waals surface area contributed by atoms with Crippen LogP contribution in [0.2, 0.25) is 0 Å². The molecule has 0 spiro atoms. The van der Waals surface area contributed by atoms with Gasteiger partial charge in [0.15, 0.2) is 0 Å². The van der Waals surface area contributed by atoms with E-state index in [4.69, 9.17) is 9.84 Å². The number of carbonyl (C=O) groups is 1. The lowest BCUT2D eigenvalue weighted by Gasteiger charge is -2.57. The number of ether oxygens (including phenoxy) is 1. The van der Waals surface area contributed by atoms with Crippen molar-refractivity contribution in [3.8, 4) is 0 Å². The van der Waals surface area contributed by atoms with E-state index < -0.39 is 0 Å². The molecule has 1 aromatic heterocycles. The average Bonchev–Trinajstić information content (AvgIpc) is 3.54. The summed E-state index contributed by atoms with van der Waals surface area (Å²) in [5.41, 5.74) is 0.0195. The Balaban J connectivity index is 1.18. The van der Waals surface area contributed by atoms with Gasteiger partial charge in [0.05, 0.1) is 13.2 Å². The molecule has 1 atom stereocenters. The first-order valence-electron chi connectivity index (χ1n) is 12.8. The maximum atomic E-state index is 13.4. The highest BCUT2D eigenvalue weighted by atomic mass is 16.5. The number of piperidine rings is 1. The molecular formula is C24H37N5O3. The van der Waals surface area contributed by atoms with Gasteiger partial charge in [0.1, 0.15) is 5.82 Å². The Labute approximate surface area is 189 Å². The molecule has 2 heterocycles. The predicted octanol–water partition coefficient (Wildman–Crippen LogP) is 2.88. The third kappa shape index (κ3) is 3.68. The van der Waals surface area contributed by atoms with Crippen LogP contribution in [0.4, 0.5) is 4.79 Å². The molecular weight excluding hydrogens is 406 g/mol. The third-order valence-electron chi connectivity index (χ3n) is 8.80. The van der Waals surface area contributed by atoms with E-state index in [-0.39, 0.29) is 29.2 Å². The molecule has 1 unspecified atom stereocenters. The predicted molar refractivity (Wildman–Crippen MR) is 120 cm³/mol. The minimum atomic E-state index is -0.0188. The van der Waals surface area contributed by atoms with Crippen LogP contribution in [0.15, 0.2) is 4.79 Å². The van der Waals surface area contributed by atoms with Crippen LogP contribution in [0.25, 0.3) is 0 Å². The summed E-state index contributed by atoms with van der Waals surface area (Å²) in [4.78, 5) is 28.4. The van der Waals surface area contributed by atoms with E-state index in [1.807, 2.05) is 9.47 Å². The Hall–Kier alpha value is -1.83. The quantitative estimate of drug-likeness (QED) is 0.733. The first-order valence-corrected chi connectivity index (χ1v) is 12.8. The molecule has 1 aliphatic heterocycles. The molecule has 5 saturated carbocycles. The van der Waals surface area contributed by atoms with Crippen LogP contribution in [-0.2, 0) is 11.3 Å². The highest BCUT2D eigenvalue weighted by molar-refractivity contribution is 5.75. The summed E-state index contributed by atoms with van der Waals surface area (Å²) in [7, 11) is 1.64. The summed E-state index contributed by atoms with van der Waals surface area (Å²) in [6, 6.07) is 0.390. The molecule has 176 valence electrons. The Kier molecular flexibility index (Phi) is 5.12. The molecule has 1 N–H and O–H groups in total. The second-order valence-electron chi connectivity index (χ2n) is 11.4. The van der Waals surface area contributed by atoms with Gasteiger partial charge >= 0.3 is 11.7 Å². The number of likely N-dealkylation sites (tertiary alicyclic amines) is 1. The van der Waals surface area contributed by atoms with Crippen LogP contribution in [0.5, 0.6) is 0 Å². The van der Waals surface area contributed by atoms with E-state index >= 15 is 0 Å². The van der Waals surface area contributed by atoms with Gasteiger partial charge in [-0.2, -0.15) is 5.10 Å². The highest BCUT2D eigenvalue weighted by Crippen LogP contribution is 2.55. The number of hydrogen-bond donors (Lipinski definition) is 1. The zero-order valence-corrected chi connectivity index (χ0v) is 19.3. The van der Waals surface area contributed by atoms with Crippen molar-refractivity contribution in [2.75, 3.05) is 26.8 Å². The van der Waals surface area contributed by atoms with Crippen LogP contribution in [-0.4, -0.2) is 57.6 Å². The lowest BCUT2D eigenvalue weighted by Crippen LogP contribution is -2.62. The summed E-state index contributed by atoms with van der Waals surface area (Å²) in [6.07, 6.45) is 11.7. The number of amides is 2. The van der Waals surface area contributed by atoms with Crippen LogP contribution >= 0.6 is 0 Å². The maximum Gasteiger partial charge on any atom is 0.346 e. The van der Waals surface area contributed by atoms with Gasteiger partial charge in [-0.15, -0.1) is 0 Å². The fraction of sp³-hybridized carbons (Fsp3) is 0.875. The lowest BCUT2D eigenvalue weighted by molar-refractivity contribution is -0.0161. The van der Waals surface area contributed by atoms with E-state index in [9.17, 15) is 9.59 Å². The maximum absolute atomic E-state index is 13.4. The molecule has 0 radical (unpaired) electrons. The number of nitrogens with zero attached hydrogens (tertiary/aromatic N) is 4. The number of urea groups is 1. The van der Waals surface area contributed by atoms with Gasteiger partial charge in [0.25, 0.3) is 0 Å². The van der Waals surface area contributed by atoms with Gasteiger partial charge in [-0.25, -0.2) is 14.3 Å². The van der Waals surface area contributed by atoms with Gasteiger partial charge in [-0.1, -0.05) is 0 Å². The number of nitrogens with one attached hydrogen (secondary N) is 1. The first-order chi connectivity index (χ1) is 15.5. The minimum Gasteiger partial charge on any atom is -0.383 e. The first kappa shape index (κ1) is 20.8. The molecule has 8 heteroatoms. The number of methoxy groups -OCH3 is 1. The van der Waals surface area contributed by atoms with E-state index in [0.29, 0.717) is 19.7 Å². The monoisotopic (exact) mass is 443 g/mol. The summed E-state index contributed by atoms with van der Waals surface area (Å²) in [5, 5.41) is 8.27. The topological polar surface area (TPSA) is 81.4 Å². The standard InChI is InChI=1S/C24H37N5O3/c1-32-8-7-28-23(31)29(20-4-5-20)21(26-28)19-3-2-6-27(15-19)22(30)25-24-12-16-9-17(13-24)11-18(10-16)14-24/h16-20H,2-15H2,1H3,(H,25,30). The molecule has 4 bridgehead atoms. The number of hydrogen-bond acceptors (Lipinski definition) is 4. The van der Waals surface area contributed by atoms with E-state index in [1.165, 1.54) is 38.5 Å². The average molecular weight is 444 g/mol. The smallest absolute Gasteiger partial charge is 0.346 e. The second kappa shape index (κ2) is 7.89. The van der Waals surface area contributed by atoms with Crippen molar-refractivity contribution in [3.05, 3.63) is 16.3 Å². The molecule has 2 amide bonds. The Morgan fingerprint density at radius 2 is 1.81 bits per heavy atom. The second-order valence-corrected chi connectivity index (χ2v) is 11.4. The van der Waals surface area contributed by atoms with Crippen molar-refractivity contribution in [2.45, 2.75) is 88.3 Å². The number of rotatable bonds is 6. The van der Waals surface area contributed by atoms with Crippen LogP contribution < -0.4 is 11.0 Å². The summed E-state index contributed by atoms with van der Waals surface area (Å²) in [5.74, 6) is 3.46. The molecule has 6 fully saturated rings. The van der Waals surface area contributed by atoms with Gasteiger partial charge < -0.3 is 15.0 Å². The fourth-order valence-electron chi connectivity index (χ4n) is 7.66. The van der Waals surface area contributed by atoms with Crippen molar-refractivity contribution in [3.63, 3.8) is 0 Å². The molecule has 6 aliphatic rings. The summed E-state index contributed by atoms with van der Waals surface area (Å²) in [6.45, 7) is 2.41. The van der Waals surface area contributed by atoms with Crippen LogP contribution in [0.3, 0.4) is 0 Å². The van der Waals surface area contributed by atoms with Crippen LogP contribution in [0, 0.1) is 17.8 Å². The normalized spacial score (nSPS) is 36.0. The van der Waals surface area contributed by atoms with Crippen molar-refractivity contribution in [2.24, 2.45) is 17.8 Å².